The van der Waals surface area contributed by atoms with Crippen LogP contribution in [0.4, 0.5) is 5.69 Å². The molecule has 0 aliphatic carbocycles. The van der Waals surface area contributed by atoms with E-state index in [0.29, 0.717) is 16.8 Å². The monoisotopic (exact) mass is 475 g/mol. The smallest absolute Gasteiger partial charge is 0.266 e. The number of benzene rings is 2. The fraction of sp³-hybridized carbons (Fsp3) is 0. The van der Waals surface area contributed by atoms with Crippen molar-refractivity contribution in [2.75, 3.05) is 4.90 Å². The van der Waals surface area contributed by atoms with Crippen LogP contribution in [0.15, 0.2) is 42.5 Å². The Morgan fingerprint density at radius 2 is 1.26 bits per heavy atom. The number of amides is 2. The maximum atomic E-state index is 12.3. The van der Waals surface area contributed by atoms with Crippen molar-refractivity contribution in [3.8, 4) is 0 Å². The largest absolute Gasteiger partial charge is 0.268 e. The van der Waals surface area contributed by atoms with Crippen LogP contribution in [0.2, 0.25) is 0 Å². The summed E-state index contributed by atoms with van der Waals surface area (Å²) in [5.41, 5.74) is 1.57. The van der Waals surface area contributed by atoms with E-state index in [1.807, 2.05) is 18.2 Å². The number of hydrogen-bond acceptors (Lipinski definition) is 2. The molecule has 2 aromatic rings. The van der Waals surface area contributed by atoms with Gasteiger partial charge in [0.15, 0.2) is 0 Å². The summed E-state index contributed by atoms with van der Waals surface area (Å²) in [5, 5.41) is 0. The highest BCUT2D eigenvalue weighted by atomic mass is 127. The number of carbonyl (C=O) groups is 2. The van der Waals surface area contributed by atoms with Gasteiger partial charge in [-0.3, -0.25) is 9.59 Å². The average molecular weight is 475 g/mol. The van der Waals surface area contributed by atoms with Crippen LogP contribution in [-0.2, 0) is 0 Å². The summed E-state index contributed by atoms with van der Waals surface area (Å²) in [6.07, 6.45) is 0. The van der Waals surface area contributed by atoms with Crippen molar-refractivity contribution in [3.63, 3.8) is 0 Å². The number of fused-ring (bicyclic) bond motifs is 1. The molecule has 0 N–H and O–H groups in total. The van der Waals surface area contributed by atoms with Gasteiger partial charge in [0.05, 0.1) is 16.8 Å². The zero-order valence-corrected chi connectivity index (χ0v) is 13.9. The molecule has 0 radical (unpaired) electrons. The van der Waals surface area contributed by atoms with Crippen molar-refractivity contribution >= 4 is 62.7 Å². The van der Waals surface area contributed by atoms with E-state index >= 15 is 0 Å². The number of hydrogen-bond donors (Lipinski definition) is 0. The molecule has 3 rings (SSSR count). The maximum Gasteiger partial charge on any atom is 0.266 e. The minimum absolute atomic E-state index is 0.251. The number of halogens is 2. The standard InChI is InChI=1S/C14H7I2NO2/c15-8-5-9(16)7-10(6-8)17-13(18)11-3-1-2-4-12(11)14(17)19/h1-7H. The highest BCUT2D eigenvalue weighted by molar-refractivity contribution is 14.1. The van der Waals surface area contributed by atoms with Gasteiger partial charge in [-0.25, -0.2) is 4.90 Å². The average Bonchev–Trinajstić information content (AvgIpc) is 2.61. The first-order valence-electron chi connectivity index (χ1n) is 5.52. The van der Waals surface area contributed by atoms with Crippen LogP contribution in [0.25, 0.3) is 0 Å². The molecule has 1 heterocycles. The number of carbonyl (C=O) groups excluding carboxylic acids is 2. The minimum Gasteiger partial charge on any atom is -0.268 e. The highest BCUT2D eigenvalue weighted by Crippen LogP contribution is 2.30. The fourth-order valence-electron chi connectivity index (χ4n) is 2.09. The minimum atomic E-state index is -0.251. The predicted molar refractivity (Wildman–Crippen MR) is 89.5 cm³/mol. The molecule has 0 saturated carbocycles. The van der Waals surface area contributed by atoms with Gasteiger partial charge in [0.25, 0.3) is 11.8 Å². The summed E-state index contributed by atoms with van der Waals surface area (Å²) in [4.78, 5) is 25.9. The van der Waals surface area contributed by atoms with Gasteiger partial charge in [0, 0.05) is 7.14 Å². The lowest BCUT2D eigenvalue weighted by Gasteiger charge is -2.14. The van der Waals surface area contributed by atoms with E-state index < -0.39 is 0 Å². The van der Waals surface area contributed by atoms with Crippen LogP contribution in [0, 0.1) is 7.14 Å². The summed E-state index contributed by atoms with van der Waals surface area (Å²) in [5.74, 6) is -0.503. The fourth-order valence-corrected chi connectivity index (χ4v) is 4.00. The molecule has 0 atom stereocenters. The topological polar surface area (TPSA) is 37.4 Å². The molecule has 0 unspecified atom stereocenters. The molecule has 1 aliphatic heterocycles. The van der Waals surface area contributed by atoms with E-state index in [4.69, 9.17) is 0 Å². The third kappa shape index (κ3) is 2.18. The third-order valence-corrected chi connectivity index (χ3v) is 4.15. The molecule has 5 heteroatoms. The van der Waals surface area contributed by atoms with E-state index in [0.717, 1.165) is 7.14 Å². The summed E-state index contributed by atoms with van der Waals surface area (Å²) < 4.78 is 1.99. The SMILES string of the molecule is O=C1c2ccccc2C(=O)N1c1cc(I)cc(I)c1. The molecule has 0 spiro atoms. The quantitative estimate of drug-likeness (QED) is 0.467. The van der Waals surface area contributed by atoms with Crippen LogP contribution in [0.1, 0.15) is 20.7 Å². The Kier molecular flexibility index (Phi) is 3.34. The van der Waals surface area contributed by atoms with E-state index in [1.165, 1.54) is 4.90 Å². The number of anilines is 1. The van der Waals surface area contributed by atoms with Gasteiger partial charge in [-0.1, -0.05) is 12.1 Å². The van der Waals surface area contributed by atoms with E-state index in [1.54, 1.807) is 24.3 Å². The molecule has 0 saturated heterocycles. The Bertz CT molecular complexity index is 657. The van der Waals surface area contributed by atoms with Crippen molar-refractivity contribution in [1.82, 2.24) is 0 Å². The molecular weight excluding hydrogens is 468 g/mol. The van der Waals surface area contributed by atoms with Crippen LogP contribution in [0.5, 0.6) is 0 Å². The van der Waals surface area contributed by atoms with Crippen molar-refractivity contribution < 1.29 is 9.59 Å². The van der Waals surface area contributed by atoms with Crippen LogP contribution in [-0.4, -0.2) is 11.8 Å². The Morgan fingerprint density at radius 3 is 1.74 bits per heavy atom. The van der Waals surface area contributed by atoms with Crippen molar-refractivity contribution in [2.45, 2.75) is 0 Å². The summed E-state index contributed by atoms with van der Waals surface area (Å²) in [6, 6.07) is 12.6. The first kappa shape index (κ1) is 13.0. The van der Waals surface area contributed by atoms with Crippen molar-refractivity contribution in [2.24, 2.45) is 0 Å². The second-order valence-electron chi connectivity index (χ2n) is 4.12. The Balaban J connectivity index is 2.14. The van der Waals surface area contributed by atoms with Gasteiger partial charge in [-0.15, -0.1) is 0 Å². The van der Waals surface area contributed by atoms with Crippen molar-refractivity contribution in [1.29, 1.82) is 0 Å². The molecule has 2 aromatic carbocycles. The molecule has 3 nitrogen and oxygen atoms in total. The van der Waals surface area contributed by atoms with Gasteiger partial charge in [0.1, 0.15) is 0 Å². The number of rotatable bonds is 1. The summed E-state index contributed by atoms with van der Waals surface area (Å²) >= 11 is 4.35. The summed E-state index contributed by atoms with van der Waals surface area (Å²) in [7, 11) is 0. The molecule has 94 valence electrons. The Morgan fingerprint density at radius 1 is 0.789 bits per heavy atom. The zero-order chi connectivity index (χ0) is 13.6. The molecule has 2 amide bonds. The molecule has 0 fully saturated rings. The Labute approximate surface area is 137 Å². The van der Waals surface area contributed by atoms with Crippen LogP contribution in [0.3, 0.4) is 0 Å². The maximum absolute atomic E-state index is 12.3. The lowest BCUT2D eigenvalue weighted by molar-refractivity contribution is 0.0926. The van der Waals surface area contributed by atoms with Gasteiger partial charge in [-0.2, -0.15) is 0 Å². The molecule has 19 heavy (non-hydrogen) atoms. The molecule has 0 bridgehead atoms. The first-order valence-corrected chi connectivity index (χ1v) is 7.67. The lowest BCUT2D eigenvalue weighted by Crippen LogP contribution is -2.29. The van der Waals surface area contributed by atoms with E-state index in [-0.39, 0.29) is 11.8 Å². The van der Waals surface area contributed by atoms with Crippen LogP contribution >= 0.6 is 45.2 Å². The molecule has 0 aromatic heterocycles. The second-order valence-corrected chi connectivity index (χ2v) is 6.61. The van der Waals surface area contributed by atoms with Gasteiger partial charge in [-0.05, 0) is 75.5 Å². The van der Waals surface area contributed by atoms with Crippen LogP contribution < -0.4 is 4.90 Å². The molecule has 1 aliphatic rings. The lowest BCUT2D eigenvalue weighted by atomic mass is 10.1. The third-order valence-electron chi connectivity index (χ3n) is 2.90. The van der Waals surface area contributed by atoms with Gasteiger partial charge in [0.2, 0.25) is 0 Å². The summed E-state index contributed by atoms with van der Waals surface area (Å²) in [6.45, 7) is 0. The van der Waals surface area contributed by atoms with Gasteiger partial charge < -0.3 is 0 Å². The van der Waals surface area contributed by atoms with Gasteiger partial charge >= 0.3 is 0 Å². The second kappa shape index (κ2) is 4.86. The first-order chi connectivity index (χ1) is 9.08. The molecular formula is C14H7I2NO2. The van der Waals surface area contributed by atoms with E-state index in [2.05, 4.69) is 45.2 Å². The number of nitrogens with zero attached hydrogens (tertiary/aromatic N) is 1. The normalized spacial score (nSPS) is 13.9. The predicted octanol–water partition coefficient (Wildman–Crippen LogP) is 3.70. The van der Waals surface area contributed by atoms with Crippen molar-refractivity contribution in [3.05, 3.63) is 60.7 Å². The highest BCUT2D eigenvalue weighted by Gasteiger charge is 2.36. The zero-order valence-electron chi connectivity index (χ0n) is 9.56. The Hall–Kier alpha value is -0.960. The number of imide groups is 1. The van der Waals surface area contributed by atoms with E-state index in [9.17, 15) is 9.59 Å².